The maximum atomic E-state index is 14.3. The highest BCUT2D eigenvalue weighted by atomic mass is 35.5. The molecule has 146 valence electrons. The number of fused-ring (bicyclic) bond motifs is 1. The Labute approximate surface area is 168 Å². The zero-order valence-corrected chi connectivity index (χ0v) is 15.4. The smallest absolute Gasteiger partial charge is 0.354 e. The summed E-state index contributed by atoms with van der Waals surface area (Å²) in [5.41, 5.74) is 0.771. The number of alkyl halides is 3. The molecule has 0 amide bonds. The minimum atomic E-state index is -4.51. The van der Waals surface area contributed by atoms with Crippen molar-refractivity contribution in [2.75, 3.05) is 5.32 Å². The van der Waals surface area contributed by atoms with Gasteiger partial charge in [-0.3, -0.25) is 4.98 Å². The highest BCUT2D eigenvalue weighted by Crippen LogP contribution is 2.34. The second kappa shape index (κ2) is 7.33. The number of nitrogens with zero attached hydrogens (tertiary/aromatic N) is 2. The van der Waals surface area contributed by atoms with Crippen LogP contribution in [0.2, 0.25) is 5.02 Å². The summed E-state index contributed by atoms with van der Waals surface area (Å²) in [6.45, 7) is 0. The van der Waals surface area contributed by atoms with Crippen molar-refractivity contribution in [3.63, 3.8) is 0 Å². The van der Waals surface area contributed by atoms with Crippen LogP contribution in [0.4, 0.5) is 28.9 Å². The molecule has 0 aliphatic rings. The molecule has 0 saturated heterocycles. The van der Waals surface area contributed by atoms with E-state index in [0.29, 0.717) is 27.3 Å². The predicted octanol–water partition coefficient (Wildman–Crippen LogP) is 6.85. The lowest BCUT2D eigenvalue weighted by Gasteiger charge is -2.14. The van der Waals surface area contributed by atoms with E-state index in [-0.39, 0.29) is 11.3 Å². The fraction of sp³-hybridized carbons (Fsp3) is 0.0476. The van der Waals surface area contributed by atoms with E-state index in [1.165, 1.54) is 24.4 Å². The first-order valence-electron chi connectivity index (χ1n) is 8.46. The SMILES string of the molecule is Fc1ccc(Cl)cc1-c1cc(Nc2cncc(C(F)(F)F)c2)c2ccccc2n1. The van der Waals surface area contributed by atoms with Gasteiger partial charge in [-0.05, 0) is 36.4 Å². The molecule has 29 heavy (non-hydrogen) atoms. The van der Waals surface area contributed by atoms with Gasteiger partial charge in [0.2, 0.25) is 0 Å². The van der Waals surface area contributed by atoms with E-state index in [4.69, 9.17) is 11.6 Å². The van der Waals surface area contributed by atoms with Gasteiger partial charge in [-0.15, -0.1) is 0 Å². The molecular formula is C21H12ClF4N3. The summed E-state index contributed by atoms with van der Waals surface area (Å²) in [6, 6.07) is 13.7. The summed E-state index contributed by atoms with van der Waals surface area (Å²) in [5.74, 6) is -0.510. The highest BCUT2D eigenvalue weighted by molar-refractivity contribution is 6.30. The van der Waals surface area contributed by atoms with Crippen LogP contribution in [0, 0.1) is 5.82 Å². The lowest BCUT2D eigenvalue weighted by molar-refractivity contribution is -0.137. The molecular weight excluding hydrogens is 406 g/mol. The van der Waals surface area contributed by atoms with Crippen LogP contribution < -0.4 is 5.32 Å². The van der Waals surface area contributed by atoms with Gasteiger partial charge in [0, 0.05) is 22.2 Å². The zero-order chi connectivity index (χ0) is 20.6. The first-order valence-corrected chi connectivity index (χ1v) is 8.83. The van der Waals surface area contributed by atoms with Gasteiger partial charge in [-0.25, -0.2) is 9.37 Å². The average molecular weight is 418 g/mol. The molecule has 0 bridgehead atoms. The molecule has 3 nitrogen and oxygen atoms in total. The van der Waals surface area contributed by atoms with Crippen molar-refractivity contribution in [1.82, 2.24) is 9.97 Å². The normalized spacial score (nSPS) is 11.6. The Morgan fingerprint density at radius 3 is 2.52 bits per heavy atom. The van der Waals surface area contributed by atoms with E-state index < -0.39 is 17.6 Å². The molecule has 2 aromatic heterocycles. The summed E-state index contributed by atoms with van der Waals surface area (Å²) in [6.07, 6.45) is -2.48. The van der Waals surface area contributed by atoms with Crippen LogP contribution in [0.15, 0.2) is 67.0 Å². The van der Waals surface area contributed by atoms with Gasteiger partial charge in [0.1, 0.15) is 5.82 Å². The quantitative estimate of drug-likeness (QED) is 0.370. The predicted molar refractivity (Wildman–Crippen MR) is 105 cm³/mol. The first-order chi connectivity index (χ1) is 13.8. The Hall–Kier alpha value is -3.19. The number of para-hydroxylation sites is 1. The monoisotopic (exact) mass is 417 g/mol. The van der Waals surface area contributed by atoms with E-state index in [1.54, 1.807) is 30.3 Å². The largest absolute Gasteiger partial charge is 0.417 e. The molecule has 0 radical (unpaired) electrons. The Bertz CT molecular complexity index is 1210. The van der Waals surface area contributed by atoms with Crippen molar-refractivity contribution in [3.05, 3.63) is 83.4 Å². The number of hydrogen-bond acceptors (Lipinski definition) is 3. The van der Waals surface area contributed by atoms with Crippen LogP contribution in [0.3, 0.4) is 0 Å². The summed E-state index contributed by atoms with van der Waals surface area (Å²) in [4.78, 5) is 8.13. The fourth-order valence-electron chi connectivity index (χ4n) is 2.93. The lowest BCUT2D eigenvalue weighted by atomic mass is 10.1. The number of rotatable bonds is 3. The molecule has 4 aromatic rings. The van der Waals surface area contributed by atoms with Crippen LogP contribution in [0.25, 0.3) is 22.2 Å². The van der Waals surface area contributed by atoms with Gasteiger partial charge in [0.05, 0.1) is 34.3 Å². The maximum Gasteiger partial charge on any atom is 0.417 e. The van der Waals surface area contributed by atoms with Crippen molar-refractivity contribution >= 4 is 33.9 Å². The molecule has 4 rings (SSSR count). The van der Waals surface area contributed by atoms with Crippen LogP contribution >= 0.6 is 11.6 Å². The molecule has 0 spiro atoms. The van der Waals surface area contributed by atoms with Crippen LogP contribution in [-0.4, -0.2) is 9.97 Å². The van der Waals surface area contributed by atoms with Gasteiger partial charge in [0.25, 0.3) is 0 Å². The lowest BCUT2D eigenvalue weighted by Crippen LogP contribution is -2.06. The molecule has 1 N–H and O–H groups in total. The van der Waals surface area contributed by atoms with Crippen molar-refractivity contribution < 1.29 is 17.6 Å². The van der Waals surface area contributed by atoms with E-state index >= 15 is 0 Å². The van der Waals surface area contributed by atoms with Crippen molar-refractivity contribution in [1.29, 1.82) is 0 Å². The van der Waals surface area contributed by atoms with E-state index in [9.17, 15) is 17.6 Å². The molecule has 0 fully saturated rings. The van der Waals surface area contributed by atoms with Gasteiger partial charge in [0.15, 0.2) is 0 Å². The third-order valence-electron chi connectivity index (χ3n) is 4.27. The first kappa shape index (κ1) is 19.1. The van der Waals surface area contributed by atoms with Gasteiger partial charge in [-0.1, -0.05) is 29.8 Å². The third-order valence-corrected chi connectivity index (χ3v) is 4.50. The number of nitrogens with one attached hydrogen (secondary N) is 1. The van der Waals surface area contributed by atoms with Crippen LogP contribution in [-0.2, 0) is 6.18 Å². The molecule has 0 saturated carbocycles. The molecule has 0 atom stereocenters. The Morgan fingerprint density at radius 2 is 1.72 bits per heavy atom. The topological polar surface area (TPSA) is 37.8 Å². The van der Waals surface area contributed by atoms with Gasteiger partial charge in [-0.2, -0.15) is 13.2 Å². The van der Waals surface area contributed by atoms with E-state index in [2.05, 4.69) is 15.3 Å². The van der Waals surface area contributed by atoms with Crippen LogP contribution in [0.5, 0.6) is 0 Å². The standard InChI is InChI=1S/C21H12ClF4N3/c22-13-5-6-17(23)16(8-13)20-9-19(15-3-1-2-4-18(15)29-20)28-14-7-12(10-27-11-14)21(24,25)26/h1-11H,(H,28,29). The van der Waals surface area contributed by atoms with Crippen molar-refractivity contribution in [2.24, 2.45) is 0 Å². The van der Waals surface area contributed by atoms with Gasteiger partial charge < -0.3 is 5.32 Å². The van der Waals surface area contributed by atoms with Crippen molar-refractivity contribution in [3.8, 4) is 11.3 Å². The van der Waals surface area contributed by atoms with Crippen molar-refractivity contribution in [2.45, 2.75) is 6.18 Å². The third kappa shape index (κ3) is 4.00. The number of anilines is 2. The summed E-state index contributed by atoms with van der Waals surface area (Å²) >= 11 is 5.99. The van der Waals surface area contributed by atoms with E-state index in [0.717, 1.165) is 12.3 Å². The number of pyridine rings is 2. The summed E-state index contributed by atoms with van der Waals surface area (Å²) in [5, 5.41) is 3.95. The Kier molecular flexibility index (Phi) is 4.84. The minimum absolute atomic E-state index is 0.147. The molecule has 2 heterocycles. The van der Waals surface area contributed by atoms with Crippen LogP contribution in [0.1, 0.15) is 5.56 Å². The molecule has 2 aromatic carbocycles. The highest BCUT2D eigenvalue weighted by Gasteiger charge is 2.31. The second-order valence-corrected chi connectivity index (χ2v) is 6.72. The number of halogens is 5. The second-order valence-electron chi connectivity index (χ2n) is 6.28. The molecule has 8 heteroatoms. The number of aromatic nitrogens is 2. The number of benzene rings is 2. The summed E-state index contributed by atoms with van der Waals surface area (Å²) in [7, 11) is 0. The maximum absolute atomic E-state index is 14.3. The average Bonchev–Trinajstić information content (AvgIpc) is 2.69. The minimum Gasteiger partial charge on any atom is -0.354 e. The fourth-order valence-corrected chi connectivity index (χ4v) is 3.10. The molecule has 0 aliphatic carbocycles. The molecule has 0 aliphatic heterocycles. The Balaban J connectivity index is 1.85. The zero-order valence-electron chi connectivity index (χ0n) is 14.6. The van der Waals surface area contributed by atoms with Gasteiger partial charge >= 0.3 is 6.18 Å². The number of hydrogen-bond donors (Lipinski definition) is 1. The summed E-state index contributed by atoms with van der Waals surface area (Å²) < 4.78 is 53.3. The van der Waals surface area contributed by atoms with E-state index in [1.807, 2.05) is 0 Å². The Morgan fingerprint density at radius 1 is 0.931 bits per heavy atom. The molecule has 0 unspecified atom stereocenters.